The number of hydrogen-bond acceptors (Lipinski definition) is 2. The van der Waals surface area contributed by atoms with E-state index in [1.54, 1.807) is 6.20 Å². The number of pyridine rings is 1. The van der Waals surface area contributed by atoms with Crippen molar-refractivity contribution in [1.82, 2.24) is 4.98 Å². The van der Waals surface area contributed by atoms with Crippen molar-refractivity contribution in [3.8, 4) is 5.75 Å². The minimum atomic E-state index is 0.447. The highest BCUT2D eigenvalue weighted by Crippen LogP contribution is 2.32. The maximum atomic E-state index is 5.65. The lowest BCUT2D eigenvalue weighted by molar-refractivity contribution is 0.300. The summed E-state index contributed by atoms with van der Waals surface area (Å²) >= 11 is 3.45. The summed E-state index contributed by atoms with van der Waals surface area (Å²) in [6.45, 7) is 1.96. The normalized spacial score (nSPS) is 16.2. The molecule has 0 aliphatic heterocycles. The van der Waals surface area contributed by atoms with Gasteiger partial charge in [-0.2, -0.15) is 0 Å². The third kappa shape index (κ3) is 1.61. The van der Waals surface area contributed by atoms with E-state index in [9.17, 15) is 0 Å². The number of halogens is 1. The molecule has 1 aromatic rings. The molecule has 1 aliphatic rings. The first kappa shape index (κ1) is 8.05. The Kier molecular flexibility index (Phi) is 2.05. The molecular formula is C9H10BrNO. The Morgan fingerprint density at radius 2 is 2.33 bits per heavy atom. The predicted molar refractivity (Wildman–Crippen MR) is 50.3 cm³/mol. The van der Waals surface area contributed by atoms with Gasteiger partial charge in [-0.05, 0) is 41.8 Å². The SMILES string of the molecule is Cc1nccc(OC2CC2)c1Br. The molecule has 0 aromatic carbocycles. The van der Waals surface area contributed by atoms with Gasteiger partial charge in [-0.25, -0.2) is 0 Å². The molecule has 0 bridgehead atoms. The molecule has 2 rings (SSSR count). The Labute approximate surface area is 80.1 Å². The number of rotatable bonds is 2. The lowest BCUT2D eigenvalue weighted by Crippen LogP contribution is -1.97. The van der Waals surface area contributed by atoms with Gasteiger partial charge in [0.15, 0.2) is 0 Å². The molecule has 2 nitrogen and oxygen atoms in total. The van der Waals surface area contributed by atoms with E-state index in [0.717, 1.165) is 15.9 Å². The zero-order valence-electron chi connectivity index (χ0n) is 6.88. The van der Waals surface area contributed by atoms with Gasteiger partial charge in [-0.15, -0.1) is 0 Å². The second kappa shape index (κ2) is 3.05. The third-order valence-corrected chi connectivity index (χ3v) is 2.81. The Hall–Kier alpha value is -0.570. The van der Waals surface area contributed by atoms with E-state index in [0.29, 0.717) is 6.10 Å². The van der Waals surface area contributed by atoms with E-state index in [2.05, 4.69) is 20.9 Å². The standard InChI is InChI=1S/C9H10BrNO/c1-6-9(10)8(4-5-11-6)12-7-2-3-7/h4-5,7H,2-3H2,1H3. The Balaban J connectivity index is 2.23. The average molecular weight is 228 g/mol. The predicted octanol–water partition coefficient (Wildman–Crippen LogP) is 2.69. The first-order valence-electron chi connectivity index (χ1n) is 4.05. The number of aryl methyl sites for hydroxylation is 1. The smallest absolute Gasteiger partial charge is 0.137 e. The fourth-order valence-corrected chi connectivity index (χ4v) is 1.31. The monoisotopic (exact) mass is 227 g/mol. The molecule has 0 unspecified atom stereocenters. The fraction of sp³-hybridized carbons (Fsp3) is 0.444. The molecule has 0 radical (unpaired) electrons. The van der Waals surface area contributed by atoms with E-state index in [4.69, 9.17) is 4.74 Å². The average Bonchev–Trinajstić information content (AvgIpc) is 2.83. The summed E-state index contributed by atoms with van der Waals surface area (Å²) in [7, 11) is 0. The van der Waals surface area contributed by atoms with Gasteiger partial charge >= 0.3 is 0 Å². The van der Waals surface area contributed by atoms with Gasteiger partial charge in [0.05, 0.1) is 16.3 Å². The number of nitrogens with zero attached hydrogens (tertiary/aromatic N) is 1. The zero-order valence-corrected chi connectivity index (χ0v) is 8.47. The van der Waals surface area contributed by atoms with E-state index in [1.807, 2.05) is 13.0 Å². The molecular weight excluding hydrogens is 218 g/mol. The summed E-state index contributed by atoms with van der Waals surface area (Å²) in [5.41, 5.74) is 0.980. The van der Waals surface area contributed by atoms with Crippen molar-refractivity contribution in [1.29, 1.82) is 0 Å². The summed E-state index contributed by atoms with van der Waals surface area (Å²) in [5.74, 6) is 0.921. The lowest BCUT2D eigenvalue weighted by Gasteiger charge is -2.07. The Morgan fingerprint density at radius 3 is 3.00 bits per heavy atom. The van der Waals surface area contributed by atoms with Crippen molar-refractivity contribution in [3.05, 3.63) is 22.4 Å². The van der Waals surface area contributed by atoms with Crippen molar-refractivity contribution < 1.29 is 4.74 Å². The quantitative estimate of drug-likeness (QED) is 0.776. The van der Waals surface area contributed by atoms with Crippen LogP contribution in [0.1, 0.15) is 18.5 Å². The highest BCUT2D eigenvalue weighted by Gasteiger charge is 2.24. The molecule has 0 atom stereocenters. The highest BCUT2D eigenvalue weighted by atomic mass is 79.9. The van der Waals surface area contributed by atoms with Crippen LogP contribution in [-0.2, 0) is 0 Å². The van der Waals surface area contributed by atoms with E-state index in [1.165, 1.54) is 12.8 Å². The van der Waals surface area contributed by atoms with E-state index < -0.39 is 0 Å². The van der Waals surface area contributed by atoms with Crippen molar-refractivity contribution in [2.45, 2.75) is 25.9 Å². The molecule has 3 heteroatoms. The molecule has 64 valence electrons. The Morgan fingerprint density at radius 1 is 1.58 bits per heavy atom. The molecule has 0 spiro atoms. The minimum Gasteiger partial charge on any atom is -0.489 e. The molecule has 0 saturated heterocycles. The van der Waals surface area contributed by atoms with Crippen LogP contribution in [0.25, 0.3) is 0 Å². The van der Waals surface area contributed by atoms with Crippen LogP contribution in [0, 0.1) is 6.92 Å². The summed E-state index contributed by atoms with van der Waals surface area (Å²) in [5, 5.41) is 0. The molecule has 0 amide bonds. The van der Waals surface area contributed by atoms with Crippen LogP contribution in [0.4, 0.5) is 0 Å². The topological polar surface area (TPSA) is 22.1 Å². The molecule has 1 heterocycles. The Bertz CT molecular complexity index is 297. The van der Waals surface area contributed by atoms with Crippen LogP contribution in [0.2, 0.25) is 0 Å². The van der Waals surface area contributed by atoms with Crippen LogP contribution in [0.5, 0.6) is 5.75 Å². The van der Waals surface area contributed by atoms with Crippen molar-refractivity contribution in [2.75, 3.05) is 0 Å². The fourth-order valence-electron chi connectivity index (χ4n) is 0.981. The van der Waals surface area contributed by atoms with Gasteiger partial charge in [0, 0.05) is 6.20 Å². The van der Waals surface area contributed by atoms with Gasteiger partial charge in [-0.1, -0.05) is 0 Å². The second-order valence-corrected chi connectivity index (χ2v) is 3.82. The van der Waals surface area contributed by atoms with Gasteiger partial charge in [0.2, 0.25) is 0 Å². The van der Waals surface area contributed by atoms with Crippen molar-refractivity contribution in [3.63, 3.8) is 0 Å². The van der Waals surface area contributed by atoms with Crippen LogP contribution in [0.15, 0.2) is 16.7 Å². The maximum Gasteiger partial charge on any atom is 0.137 e. The first-order valence-corrected chi connectivity index (χ1v) is 4.84. The summed E-state index contributed by atoms with van der Waals surface area (Å²) < 4.78 is 6.63. The van der Waals surface area contributed by atoms with Crippen LogP contribution in [0.3, 0.4) is 0 Å². The lowest BCUT2D eigenvalue weighted by atomic mass is 10.3. The molecule has 1 saturated carbocycles. The summed E-state index contributed by atoms with van der Waals surface area (Å²) in [6.07, 6.45) is 4.60. The van der Waals surface area contributed by atoms with Gasteiger partial charge in [0.1, 0.15) is 5.75 Å². The number of hydrogen-bond donors (Lipinski definition) is 0. The van der Waals surface area contributed by atoms with Crippen LogP contribution in [-0.4, -0.2) is 11.1 Å². The van der Waals surface area contributed by atoms with Crippen LogP contribution < -0.4 is 4.74 Å². The molecule has 12 heavy (non-hydrogen) atoms. The van der Waals surface area contributed by atoms with Gasteiger partial charge < -0.3 is 4.74 Å². The van der Waals surface area contributed by atoms with Crippen molar-refractivity contribution in [2.24, 2.45) is 0 Å². The summed E-state index contributed by atoms with van der Waals surface area (Å²) in [6, 6.07) is 1.90. The highest BCUT2D eigenvalue weighted by molar-refractivity contribution is 9.10. The summed E-state index contributed by atoms with van der Waals surface area (Å²) in [4.78, 5) is 4.14. The minimum absolute atomic E-state index is 0.447. The van der Waals surface area contributed by atoms with E-state index in [-0.39, 0.29) is 0 Å². The molecule has 1 aliphatic carbocycles. The van der Waals surface area contributed by atoms with Gasteiger partial charge in [-0.3, -0.25) is 4.98 Å². The van der Waals surface area contributed by atoms with E-state index >= 15 is 0 Å². The third-order valence-electron chi connectivity index (χ3n) is 1.85. The molecule has 1 aromatic heterocycles. The number of aromatic nitrogens is 1. The van der Waals surface area contributed by atoms with Crippen LogP contribution >= 0.6 is 15.9 Å². The second-order valence-electron chi connectivity index (χ2n) is 3.03. The first-order chi connectivity index (χ1) is 5.77. The van der Waals surface area contributed by atoms with Crippen molar-refractivity contribution >= 4 is 15.9 Å². The van der Waals surface area contributed by atoms with Gasteiger partial charge in [0.25, 0.3) is 0 Å². The molecule has 1 fully saturated rings. The largest absolute Gasteiger partial charge is 0.489 e. The number of ether oxygens (including phenoxy) is 1. The maximum absolute atomic E-state index is 5.65. The molecule has 0 N–H and O–H groups in total. The zero-order chi connectivity index (χ0) is 8.55.